The fourth-order valence-corrected chi connectivity index (χ4v) is 4.54. The van der Waals surface area contributed by atoms with Gasteiger partial charge in [0.05, 0.1) is 4.92 Å². The van der Waals surface area contributed by atoms with Crippen molar-refractivity contribution in [3.8, 4) is 0 Å². The minimum Gasteiger partial charge on any atom is -0.448 e. The van der Waals surface area contributed by atoms with Crippen molar-refractivity contribution in [3.05, 3.63) is 69.1 Å². The Morgan fingerprint density at radius 1 is 1.24 bits per heavy atom. The average molecular weight is 410 g/mol. The van der Waals surface area contributed by atoms with Gasteiger partial charge in [-0.3, -0.25) is 14.9 Å². The highest BCUT2D eigenvalue weighted by Gasteiger charge is 2.34. The van der Waals surface area contributed by atoms with Gasteiger partial charge in [-0.2, -0.15) is 0 Å². The number of carbonyl (C=O) groups excluding carboxylic acids is 2. The number of benzene rings is 2. The molecule has 4 rings (SSSR count). The molecule has 0 saturated carbocycles. The number of amides is 1. The van der Waals surface area contributed by atoms with Crippen molar-refractivity contribution in [3.63, 3.8) is 0 Å². The first-order valence-electron chi connectivity index (χ1n) is 9.15. The number of para-hydroxylation sites is 1. The fourth-order valence-electron chi connectivity index (χ4n) is 3.61. The summed E-state index contributed by atoms with van der Waals surface area (Å²) in [5.74, 6) is -0.887. The van der Waals surface area contributed by atoms with Crippen molar-refractivity contribution in [1.82, 2.24) is 0 Å². The Morgan fingerprint density at radius 2 is 2.00 bits per heavy atom. The molecular weight excluding hydrogens is 392 g/mol. The number of hydrogen-bond donors (Lipinski definition) is 0. The molecule has 0 unspecified atom stereocenters. The van der Waals surface area contributed by atoms with E-state index in [2.05, 4.69) is 0 Å². The Morgan fingerprint density at radius 3 is 2.76 bits per heavy atom. The van der Waals surface area contributed by atoms with E-state index in [1.165, 1.54) is 23.5 Å². The average Bonchev–Trinajstić information content (AvgIpc) is 3.26. The molecule has 0 saturated heterocycles. The molecule has 0 radical (unpaired) electrons. The summed E-state index contributed by atoms with van der Waals surface area (Å²) in [6, 6.07) is 13.7. The molecule has 0 spiro atoms. The largest absolute Gasteiger partial charge is 0.448 e. The van der Waals surface area contributed by atoms with Gasteiger partial charge in [0.25, 0.3) is 11.6 Å². The van der Waals surface area contributed by atoms with E-state index in [-0.39, 0.29) is 17.6 Å². The van der Waals surface area contributed by atoms with Crippen LogP contribution in [0, 0.1) is 10.1 Å². The second-order valence-corrected chi connectivity index (χ2v) is 8.11. The maximum Gasteiger partial charge on any atom is 0.349 e. The number of nitro groups is 1. The number of fused-ring (bicyclic) bond motifs is 2. The molecule has 1 aliphatic rings. The van der Waals surface area contributed by atoms with E-state index in [1.54, 1.807) is 24.0 Å². The highest BCUT2D eigenvalue weighted by Crippen LogP contribution is 2.33. The molecule has 1 aliphatic heterocycles. The van der Waals surface area contributed by atoms with Crippen LogP contribution in [0.15, 0.2) is 48.5 Å². The van der Waals surface area contributed by atoms with Gasteiger partial charge in [0.15, 0.2) is 6.10 Å². The van der Waals surface area contributed by atoms with Gasteiger partial charge in [0.1, 0.15) is 4.88 Å². The maximum absolute atomic E-state index is 13.0. The smallest absolute Gasteiger partial charge is 0.349 e. The number of nitrogens with zero attached hydrogens (tertiary/aromatic N) is 2. The lowest BCUT2D eigenvalue weighted by Crippen LogP contribution is -2.43. The summed E-state index contributed by atoms with van der Waals surface area (Å²) in [7, 11) is 0. The van der Waals surface area contributed by atoms with E-state index < -0.39 is 17.0 Å². The summed E-state index contributed by atoms with van der Waals surface area (Å²) in [4.78, 5) is 38.0. The zero-order valence-electron chi connectivity index (χ0n) is 15.8. The SMILES string of the molecule is C[C@H](OC(=O)c1cc2cc([N+](=O)[O-])ccc2s1)C(=O)N1c2ccccc2C[C@@H]1C. The molecule has 2 aromatic carbocycles. The van der Waals surface area contributed by atoms with E-state index in [0.29, 0.717) is 10.3 Å². The molecule has 0 N–H and O–H groups in total. The standard InChI is InChI=1S/C21H18N2O5S/c1-12-9-14-5-3-4-6-17(14)22(12)20(24)13(2)28-21(25)19-11-15-10-16(23(26)27)7-8-18(15)29-19/h3-8,10-13H,9H2,1-2H3/t12-,13-/m0/s1. The van der Waals surface area contributed by atoms with Gasteiger partial charge in [-0.25, -0.2) is 4.79 Å². The van der Waals surface area contributed by atoms with Crippen molar-refractivity contribution in [2.45, 2.75) is 32.4 Å². The van der Waals surface area contributed by atoms with Crippen LogP contribution in [-0.2, 0) is 16.0 Å². The molecule has 7 nitrogen and oxygen atoms in total. The number of thiophene rings is 1. The number of non-ortho nitro benzene ring substituents is 1. The van der Waals surface area contributed by atoms with E-state index >= 15 is 0 Å². The Labute approximate surface area is 170 Å². The van der Waals surface area contributed by atoms with Crippen LogP contribution in [0.2, 0.25) is 0 Å². The molecule has 29 heavy (non-hydrogen) atoms. The van der Waals surface area contributed by atoms with Crippen LogP contribution in [-0.4, -0.2) is 28.9 Å². The van der Waals surface area contributed by atoms with E-state index in [4.69, 9.17) is 4.74 Å². The first-order chi connectivity index (χ1) is 13.8. The quantitative estimate of drug-likeness (QED) is 0.363. The normalized spacial score (nSPS) is 16.5. The zero-order valence-corrected chi connectivity index (χ0v) is 16.6. The topological polar surface area (TPSA) is 89.7 Å². The number of anilines is 1. The van der Waals surface area contributed by atoms with Gasteiger partial charge < -0.3 is 9.64 Å². The molecule has 0 bridgehead atoms. The van der Waals surface area contributed by atoms with Crippen LogP contribution in [0.3, 0.4) is 0 Å². The number of esters is 1. The van der Waals surface area contributed by atoms with Gasteiger partial charge in [-0.05, 0) is 44.0 Å². The third-order valence-corrected chi connectivity index (χ3v) is 6.08. The van der Waals surface area contributed by atoms with Crippen molar-refractivity contribution in [1.29, 1.82) is 0 Å². The molecular formula is C21H18N2O5S. The zero-order chi connectivity index (χ0) is 20.7. The Kier molecular flexibility index (Phi) is 4.79. The molecule has 0 fully saturated rings. The molecule has 1 aromatic heterocycles. The van der Waals surface area contributed by atoms with Crippen LogP contribution in [0.5, 0.6) is 0 Å². The van der Waals surface area contributed by atoms with Crippen molar-refractivity contribution >= 4 is 44.7 Å². The lowest BCUT2D eigenvalue weighted by Gasteiger charge is -2.25. The van der Waals surface area contributed by atoms with Crippen LogP contribution in [0.4, 0.5) is 11.4 Å². The fraction of sp³-hybridized carbons (Fsp3) is 0.238. The summed E-state index contributed by atoms with van der Waals surface area (Å²) in [6.45, 7) is 3.53. The number of rotatable bonds is 4. The van der Waals surface area contributed by atoms with Gasteiger partial charge in [0, 0.05) is 33.9 Å². The molecule has 0 aliphatic carbocycles. The molecule has 1 amide bonds. The predicted molar refractivity (Wildman–Crippen MR) is 110 cm³/mol. The number of carbonyl (C=O) groups is 2. The lowest BCUT2D eigenvalue weighted by molar-refractivity contribution is -0.384. The minimum absolute atomic E-state index is 0.00840. The number of nitro benzene ring substituents is 1. The summed E-state index contributed by atoms with van der Waals surface area (Å²) < 4.78 is 6.17. The highest BCUT2D eigenvalue weighted by molar-refractivity contribution is 7.20. The van der Waals surface area contributed by atoms with Gasteiger partial charge in [0.2, 0.25) is 0 Å². The number of hydrogen-bond acceptors (Lipinski definition) is 6. The van der Waals surface area contributed by atoms with Crippen LogP contribution in [0.25, 0.3) is 10.1 Å². The molecule has 2 atom stereocenters. The van der Waals surface area contributed by atoms with Crippen LogP contribution in [0.1, 0.15) is 29.1 Å². The minimum atomic E-state index is -0.948. The van der Waals surface area contributed by atoms with E-state index in [0.717, 1.165) is 22.4 Å². The molecule has 8 heteroatoms. The van der Waals surface area contributed by atoms with Gasteiger partial charge >= 0.3 is 5.97 Å². The third-order valence-electron chi connectivity index (χ3n) is 4.99. The summed E-state index contributed by atoms with van der Waals surface area (Å²) >= 11 is 1.18. The summed E-state index contributed by atoms with van der Waals surface area (Å²) in [6.07, 6.45) is -0.187. The Balaban J connectivity index is 1.51. The first kappa shape index (κ1) is 19.1. The Bertz CT molecular complexity index is 1140. The monoisotopic (exact) mass is 410 g/mol. The highest BCUT2D eigenvalue weighted by atomic mass is 32.1. The summed E-state index contributed by atoms with van der Waals surface area (Å²) in [5.41, 5.74) is 1.90. The second-order valence-electron chi connectivity index (χ2n) is 7.03. The van der Waals surface area contributed by atoms with Crippen LogP contribution >= 0.6 is 11.3 Å². The third kappa shape index (κ3) is 3.47. The molecule has 3 aromatic rings. The Hall–Kier alpha value is -3.26. The number of ether oxygens (including phenoxy) is 1. The van der Waals surface area contributed by atoms with Gasteiger partial charge in [-0.15, -0.1) is 11.3 Å². The second kappa shape index (κ2) is 7.29. The summed E-state index contributed by atoms with van der Waals surface area (Å²) in [5, 5.41) is 11.5. The first-order valence-corrected chi connectivity index (χ1v) is 9.96. The van der Waals surface area contributed by atoms with Crippen molar-refractivity contribution in [2.75, 3.05) is 4.90 Å². The van der Waals surface area contributed by atoms with E-state index in [9.17, 15) is 19.7 Å². The van der Waals surface area contributed by atoms with E-state index in [1.807, 2.05) is 31.2 Å². The van der Waals surface area contributed by atoms with Crippen molar-refractivity contribution in [2.24, 2.45) is 0 Å². The molecule has 148 valence electrons. The molecule has 2 heterocycles. The lowest BCUT2D eigenvalue weighted by atomic mass is 10.1. The van der Waals surface area contributed by atoms with Gasteiger partial charge in [-0.1, -0.05) is 18.2 Å². The maximum atomic E-state index is 13.0. The predicted octanol–water partition coefficient (Wildman–Crippen LogP) is 4.33. The van der Waals surface area contributed by atoms with Crippen molar-refractivity contribution < 1.29 is 19.2 Å². The van der Waals surface area contributed by atoms with Crippen LogP contribution < -0.4 is 4.90 Å².